The van der Waals surface area contributed by atoms with Gasteiger partial charge in [-0.1, -0.05) is 18.2 Å². The molecule has 4 rings (SSSR count). The van der Waals surface area contributed by atoms with Gasteiger partial charge in [0.15, 0.2) is 11.5 Å². The summed E-state index contributed by atoms with van der Waals surface area (Å²) in [7, 11) is 0. The molecule has 114 valence electrons. The second-order valence-corrected chi connectivity index (χ2v) is 5.25. The van der Waals surface area contributed by atoms with Gasteiger partial charge in [0.2, 0.25) is 0 Å². The first kappa shape index (κ1) is 13.6. The number of aromatic nitrogens is 7. The van der Waals surface area contributed by atoms with Crippen molar-refractivity contribution in [3.63, 3.8) is 0 Å². The minimum Gasteiger partial charge on any atom is -0.281 e. The number of rotatable bonds is 4. The lowest BCUT2D eigenvalue weighted by molar-refractivity contribution is 0.579. The maximum atomic E-state index is 4.50. The average Bonchev–Trinajstić information content (AvgIpc) is 3.22. The van der Waals surface area contributed by atoms with Crippen LogP contribution in [0.3, 0.4) is 0 Å². The summed E-state index contributed by atoms with van der Waals surface area (Å²) >= 11 is 0. The fourth-order valence-electron chi connectivity index (χ4n) is 2.46. The largest absolute Gasteiger partial charge is 0.281 e. The molecular weight excluding hydrogens is 290 g/mol. The molecule has 4 aromatic rings. The molecule has 0 aromatic carbocycles. The number of pyridine rings is 2. The molecule has 0 fully saturated rings. The number of hydrogen-bond acceptors (Lipinski definition) is 5. The molecule has 7 heteroatoms. The summed E-state index contributed by atoms with van der Waals surface area (Å²) in [5, 5.41) is 16.7. The van der Waals surface area contributed by atoms with Gasteiger partial charge in [0, 0.05) is 24.5 Å². The van der Waals surface area contributed by atoms with Crippen molar-refractivity contribution in [3.05, 3.63) is 48.9 Å². The normalized spacial score (nSPS) is 11.2. The van der Waals surface area contributed by atoms with E-state index in [2.05, 4.69) is 32.4 Å². The van der Waals surface area contributed by atoms with Gasteiger partial charge in [-0.2, -0.15) is 0 Å². The lowest BCUT2D eigenvalue weighted by atomic mass is 10.2. The quantitative estimate of drug-likeness (QED) is 0.579. The highest BCUT2D eigenvalue weighted by Crippen LogP contribution is 2.20. The molecule has 0 amide bonds. The van der Waals surface area contributed by atoms with Crippen molar-refractivity contribution in [3.8, 4) is 22.8 Å². The highest BCUT2D eigenvalue weighted by molar-refractivity contribution is 5.61. The molecule has 4 heterocycles. The first-order valence-electron chi connectivity index (χ1n) is 7.52. The van der Waals surface area contributed by atoms with Gasteiger partial charge in [0.25, 0.3) is 0 Å². The Labute approximate surface area is 132 Å². The Hall–Kier alpha value is -3.09. The van der Waals surface area contributed by atoms with Crippen LogP contribution in [0.2, 0.25) is 0 Å². The van der Waals surface area contributed by atoms with Crippen molar-refractivity contribution in [2.75, 3.05) is 0 Å². The monoisotopic (exact) mass is 305 g/mol. The maximum absolute atomic E-state index is 4.50. The first-order chi connectivity index (χ1) is 11.3. The Morgan fingerprint density at radius 2 is 1.96 bits per heavy atom. The molecule has 0 aliphatic rings. The number of aryl methyl sites for hydroxylation is 1. The molecule has 0 saturated heterocycles. The van der Waals surface area contributed by atoms with E-state index in [1.54, 1.807) is 6.20 Å². The SMILES string of the molecule is CCCn1cc(-c2ccc(-c3nnc4ccccn34)nc2)nn1. The third-order valence-corrected chi connectivity index (χ3v) is 3.59. The highest BCUT2D eigenvalue weighted by Gasteiger charge is 2.10. The zero-order valence-corrected chi connectivity index (χ0v) is 12.7. The zero-order valence-electron chi connectivity index (χ0n) is 12.7. The molecule has 7 nitrogen and oxygen atoms in total. The van der Waals surface area contributed by atoms with Gasteiger partial charge in [0.1, 0.15) is 11.4 Å². The van der Waals surface area contributed by atoms with Crippen molar-refractivity contribution in [2.24, 2.45) is 0 Å². The molecule has 0 N–H and O–H groups in total. The van der Waals surface area contributed by atoms with Crippen LogP contribution in [-0.4, -0.2) is 34.6 Å². The molecule has 0 saturated carbocycles. The van der Waals surface area contributed by atoms with Crippen molar-refractivity contribution in [1.82, 2.24) is 34.6 Å². The molecule has 0 aliphatic heterocycles. The van der Waals surface area contributed by atoms with E-state index in [1.165, 1.54) is 0 Å². The minimum absolute atomic E-state index is 0.724. The summed E-state index contributed by atoms with van der Waals surface area (Å²) in [5.41, 5.74) is 3.33. The standard InChI is InChI=1S/C16H15N7/c1-2-8-22-11-14(18-21-22)12-6-7-13(17-10-12)16-20-19-15-5-3-4-9-23(15)16/h3-7,9-11H,2,8H2,1H3. The summed E-state index contributed by atoms with van der Waals surface area (Å²) < 4.78 is 3.76. The summed E-state index contributed by atoms with van der Waals surface area (Å²) in [6.07, 6.45) is 6.68. The van der Waals surface area contributed by atoms with E-state index in [9.17, 15) is 0 Å². The van der Waals surface area contributed by atoms with E-state index in [0.717, 1.165) is 41.4 Å². The number of fused-ring (bicyclic) bond motifs is 1. The Kier molecular flexibility index (Phi) is 3.30. The van der Waals surface area contributed by atoms with E-state index in [-0.39, 0.29) is 0 Å². The summed E-state index contributed by atoms with van der Waals surface area (Å²) in [4.78, 5) is 4.50. The lowest BCUT2D eigenvalue weighted by Crippen LogP contribution is -1.96. The van der Waals surface area contributed by atoms with Gasteiger partial charge < -0.3 is 0 Å². The lowest BCUT2D eigenvalue weighted by Gasteiger charge is -2.00. The molecule has 0 bridgehead atoms. The van der Waals surface area contributed by atoms with Crippen LogP contribution >= 0.6 is 0 Å². The average molecular weight is 305 g/mol. The summed E-state index contributed by atoms with van der Waals surface area (Å²) in [6.45, 7) is 2.98. The van der Waals surface area contributed by atoms with Crippen molar-refractivity contribution >= 4 is 5.65 Å². The third kappa shape index (κ3) is 2.46. The fourth-order valence-corrected chi connectivity index (χ4v) is 2.46. The van der Waals surface area contributed by atoms with Gasteiger partial charge in [-0.25, -0.2) is 0 Å². The van der Waals surface area contributed by atoms with Crippen molar-refractivity contribution in [1.29, 1.82) is 0 Å². The molecule has 0 aliphatic carbocycles. The number of hydrogen-bond donors (Lipinski definition) is 0. The van der Waals surface area contributed by atoms with Gasteiger partial charge in [-0.05, 0) is 30.7 Å². The second-order valence-electron chi connectivity index (χ2n) is 5.25. The predicted molar refractivity (Wildman–Crippen MR) is 85.5 cm³/mol. The topological polar surface area (TPSA) is 73.8 Å². The van der Waals surface area contributed by atoms with Crippen LogP contribution in [-0.2, 0) is 6.54 Å². The van der Waals surface area contributed by atoms with E-state index >= 15 is 0 Å². The van der Waals surface area contributed by atoms with Crippen LogP contribution in [0, 0.1) is 0 Å². The van der Waals surface area contributed by atoms with E-state index < -0.39 is 0 Å². The molecule has 0 radical (unpaired) electrons. The molecule has 0 spiro atoms. The van der Waals surface area contributed by atoms with Gasteiger partial charge in [-0.3, -0.25) is 14.1 Å². The van der Waals surface area contributed by atoms with E-state index in [1.807, 2.05) is 51.8 Å². The Bertz CT molecular complexity index is 936. The Morgan fingerprint density at radius 1 is 1.00 bits per heavy atom. The predicted octanol–water partition coefficient (Wildman–Crippen LogP) is 2.46. The fraction of sp³-hybridized carbons (Fsp3) is 0.188. The molecule has 0 unspecified atom stereocenters. The molecule has 0 atom stereocenters. The summed E-state index contributed by atoms with van der Waals surface area (Å²) in [5.74, 6) is 0.724. The van der Waals surface area contributed by atoms with E-state index in [0.29, 0.717) is 0 Å². The van der Waals surface area contributed by atoms with Crippen molar-refractivity contribution in [2.45, 2.75) is 19.9 Å². The van der Waals surface area contributed by atoms with Crippen LogP contribution in [0.25, 0.3) is 28.4 Å². The Morgan fingerprint density at radius 3 is 2.78 bits per heavy atom. The van der Waals surface area contributed by atoms with E-state index in [4.69, 9.17) is 0 Å². The third-order valence-electron chi connectivity index (χ3n) is 3.59. The van der Waals surface area contributed by atoms with Crippen LogP contribution in [0.15, 0.2) is 48.9 Å². The van der Waals surface area contributed by atoms with Crippen LogP contribution in [0.5, 0.6) is 0 Å². The number of nitrogens with zero attached hydrogens (tertiary/aromatic N) is 7. The van der Waals surface area contributed by atoms with Crippen LogP contribution in [0.1, 0.15) is 13.3 Å². The minimum atomic E-state index is 0.724. The summed E-state index contributed by atoms with van der Waals surface area (Å²) in [6, 6.07) is 9.70. The van der Waals surface area contributed by atoms with Crippen molar-refractivity contribution < 1.29 is 0 Å². The first-order valence-corrected chi connectivity index (χ1v) is 7.52. The van der Waals surface area contributed by atoms with Gasteiger partial charge >= 0.3 is 0 Å². The van der Waals surface area contributed by atoms with Crippen LogP contribution < -0.4 is 0 Å². The van der Waals surface area contributed by atoms with Crippen LogP contribution in [0.4, 0.5) is 0 Å². The van der Waals surface area contributed by atoms with Gasteiger partial charge in [-0.15, -0.1) is 15.3 Å². The highest BCUT2D eigenvalue weighted by atomic mass is 15.4. The van der Waals surface area contributed by atoms with Gasteiger partial charge in [0.05, 0.1) is 6.20 Å². The molecule has 23 heavy (non-hydrogen) atoms. The molecular formula is C16H15N7. The zero-order chi connectivity index (χ0) is 15.6. The smallest absolute Gasteiger partial charge is 0.186 e. The maximum Gasteiger partial charge on any atom is 0.186 e. The second kappa shape index (κ2) is 5.60. The Balaban J connectivity index is 1.67. The molecule has 4 aromatic heterocycles.